The van der Waals surface area contributed by atoms with E-state index in [0.717, 1.165) is 0 Å². The summed E-state index contributed by atoms with van der Waals surface area (Å²) in [6.45, 7) is 9.77. The smallest absolute Gasteiger partial charge is 0.358 e. The molecule has 84 valence electrons. The molecule has 1 rings (SSSR count). The maximum absolute atomic E-state index is 11.0. The van der Waals surface area contributed by atoms with E-state index < -0.39 is 5.97 Å². The first-order chi connectivity index (χ1) is 6.75. The minimum atomic E-state index is -1.02. The number of carboxylic acid groups (broad SMARTS) is 1. The summed E-state index contributed by atoms with van der Waals surface area (Å²) in [5.74, 6) is -1.02. The number of hydrogen-bond donors (Lipinski definition) is 1. The summed E-state index contributed by atoms with van der Waals surface area (Å²) in [5.41, 5.74) is 0.447. The van der Waals surface area contributed by atoms with E-state index in [4.69, 9.17) is 5.11 Å². The molecule has 0 saturated carbocycles. The van der Waals surface area contributed by atoms with Gasteiger partial charge in [-0.05, 0) is 13.8 Å². The third-order valence-corrected chi connectivity index (χ3v) is 2.10. The Bertz CT molecular complexity index is 375. The van der Waals surface area contributed by atoms with Crippen molar-refractivity contribution in [3.05, 3.63) is 11.4 Å². The van der Waals surface area contributed by atoms with Crippen molar-refractivity contribution in [2.45, 2.75) is 46.1 Å². The van der Waals surface area contributed by atoms with Crippen LogP contribution in [0, 0.1) is 0 Å². The van der Waals surface area contributed by atoms with Gasteiger partial charge in [0.2, 0.25) is 0 Å². The molecule has 1 aromatic rings. The molecule has 1 heterocycles. The first-order valence-electron chi connectivity index (χ1n) is 4.94. The van der Waals surface area contributed by atoms with E-state index in [1.165, 1.54) is 0 Å². The summed E-state index contributed by atoms with van der Waals surface area (Å²) in [6, 6.07) is 0.111. The van der Waals surface area contributed by atoms with Crippen LogP contribution in [0.1, 0.15) is 56.8 Å². The highest BCUT2D eigenvalue weighted by Crippen LogP contribution is 2.26. The number of carboxylic acids is 1. The summed E-state index contributed by atoms with van der Waals surface area (Å²) in [4.78, 5) is 11.0. The van der Waals surface area contributed by atoms with Gasteiger partial charge in [-0.2, -0.15) is 0 Å². The van der Waals surface area contributed by atoms with Crippen LogP contribution in [0.5, 0.6) is 0 Å². The maximum Gasteiger partial charge on any atom is 0.358 e. The lowest BCUT2D eigenvalue weighted by molar-refractivity contribution is 0.0687. The summed E-state index contributed by atoms with van der Waals surface area (Å²) in [6.07, 6.45) is 0. The molecule has 0 aliphatic rings. The number of nitrogens with zero attached hydrogens (tertiary/aromatic N) is 3. The van der Waals surface area contributed by atoms with Gasteiger partial charge in [-0.3, -0.25) is 0 Å². The molecule has 0 radical (unpaired) electrons. The van der Waals surface area contributed by atoms with Crippen molar-refractivity contribution in [3.8, 4) is 0 Å². The molecule has 0 spiro atoms. The molecule has 0 aliphatic carbocycles. The maximum atomic E-state index is 11.0. The van der Waals surface area contributed by atoms with Crippen LogP contribution in [0.25, 0.3) is 0 Å². The number of aromatic carboxylic acids is 1. The van der Waals surface area contributed by atoms with E-state index in [9.17, 15) is 4.79 Å². The number of rotatable bonds is 2. The van der Waals surface area contributed by atoms with Crippen molar-refractivity contribution in [1.82, 2.24) is 15.0 Å². The predicted molar refractivity (Wildman–Crippen MR) is 56.1 cm³/mol. The van der Waals surface area contributed by atoms with Crippen LogP contribution in [0.3, 0.4) is 0 Å². The lowest BCUT2D eigenvalue weighted by Crippen LogP contribution is -2.22. The molecule has 15 heavy (non-hydrogen) atoms. The van der Waals surface area contributed by atoms with Crippen LogP contribution in [0.2, 0.25) is 0 Å². The van der Waals surface area contributed by atoms with Gasteiger partial charge in [0.15, 0.2) is 5.69 Å². The minimum Gasteiger partial charge on any atom is -0.476 e. The fourth-order valence-electron chi connectivity index (χ4n) is 1.50. The van der Waals surface area contributed by atoms with Crippen molar-refractivity contribution in [1.29, 1.82) is 0 Å². The fraction of sp³-hybridized carbons (Fsp3) is 0.700. The van der Waals surface area contributed by atoms with E-state index in [-0.39, 0.29) is 17.2 Å². The third-order valence-electron chi connectivity index (χ3n) is 2.10. The zero-order valence-electron chi connectivity index (χ0n) is 9.77. The third kappa shape index (κ3) is 2.16. The van der Waals surface area contributed by atoms with Gasteiger partial charge in [0.05, 0.1) is 5.69 Å². The molecule has 5 heteroatoms. The molecule has 0 unspecified atom stereocenters. The summed E-state index contributed by atoms with van der Waals surface area (Å²) >= 11 is 0. The van der Waals surface area contributed by atoms with Gasteiger partial charge in [-0.15, -0.1) is 5.10 Å². The van der Waals surface area contributed by atoms with Crippen LogP contribution in [0.4, 0.5) is 0 Å². The van der Waals surface area contributed by atoms with Crippen molar-refractivity contribution in [2.24, 2.45) is 0 Å². The second kappa shape index (κ2) is 3.64. The molecular weight excluding hydrogens is 194 g/mol. The van der Waals surface area contributed by atoms with Gasteiger partial charge in [0.1, 0.15) is 0 Å². The molecule has 0 amide bonds. The molecule has 0 aliphatic heterocycles. The molecule has 1 aromatic heterocycles. The average molecular weight is 211 g/mol. The highest BCUT2D eigenvalue weighted by molar-refractivity contribution is 5.86. The highest BCUT2D eigenvalue weighted by Gasteiger charge is 2.29. The Kier molecular flexibility index (Phi) is 2.83. The second-order valence-corrected chi connectivity index (χ2v) is 4.88. The second-order valence-electron chi connectivity index (χ2n) is 4.88. The number of hydrogen-bond acceptors (Lipinski definition) is 3. The van der Waals surface area contributed by atoms with Crippen LogP contribution in [-0.2, 0) is 5.41 Å². The van der Waals surface area contributed by atoms with Crippen molar-refractivity contribution in [3.63, 3.8) is 0 Å². The Morgan fingerprint density at radius 2 is 1.93 bits per heavy atom. The van der Waals surface area contributed by atoms with Crippen molar-refractivity contribution >= 4 is 5.97 Å². The molecule has 0 fully saturated rings. The lowest BCUT2D eigenvalue weighted by atomic mass is 9.90. The lowest BCUT2D eigenvalue weighted by Gasteiger charge is -2.21. The van der Waals surface area contributed by atoms with Crippen LogP contribution in [0.15, 0.2) is 0 Å². The predicted octanol–water partition coefficient (Wildman–Crippen LogP) is 1.85. The van der Waals surface area contributed by atoms with Crippen LogP contribution in [-0.4, -0.2) is 26.1 Å². The zero-order valence-corrected chi connectivity index (χ0v) is 9.77. The zero-order chi connectivity index (χ0) is 11.8. The molecule has 0 saturated heterocycles. The molecular formula is C10H17N3O2. The first kappa shape index (κ1) is 11.7. The van der Waals surface area contributed by atoms with E-state index in [0.29, 0.717) is 5.69 Å². The Morgan fingerprint density at radius 1 is 1.40 bits per heavy atom. The normalized spacial score (nSPS) is 12.1. The summed E-state index contributed by atoms with van der Waals surface area (Å²) < 4.78 is 1.67. The summed E-state index contributed by atoms with van der Waals surface area (Å²) in [5, 5.41) is 16.6. The largest absolute Gasteiger partial charge is 0.476 e. The average Bonchev–Trinajstić information content (AvgIpc) is 2.45. The monoisotopic (exact) mass is 211 g/mol. The molecule has 0 bridgehead atoms. The fourth-order valence-corrected chi connectivity index (χ4v) is 1.50. The Morgan fingerprint density at radius 3 is 2.27 bits per heavy atom. The van der Waals surface area contributed by atoms with Gasteiger partial charge in [0.25, 0.3) is 0 Å². The van der Waals surface area contributed by atoms with Crippen LogP contribution < -0.4 is 0 Å². The molecule has 1 N–H and O–H groups in total. The number of carbonyl (C=O) groups is 1. The van der Waals surface area contributed by atoms with Gasteiger partial charge in [-0.25, -0.2) is 9.48 Å². The number of aromatic nitrogens is 3. The standard InChI is InChI=1S/C10H17N3O2/c1-6(2)13-8(10(3,4)5)7(9(14)15)11-12-13/h6H,1-5H3,(H,14,15). The van der Waals surface area contributed by atoms with Crippen LogP contribution >= 0.6 is 0 Å². The Hall–Kier alpha value is -1.39. The van der Waals surface area contributed by atoms with E-state index >= 15 is 0 Å². The highest BCUT2D eigenvalue weighted by atomic mass is 16.4. The van der Waals surface area contributed by atoms with Gasteiger partial charge in [-0.1, -0.05) is 26.0 Å². The SMILES string of the molecule is CC(C)n1nnc(C(=O)O)c1C(C)(C)C. The topological polar surface area (TPSA) is 68.0 Å². The Labute approximate surface area is 89.1 Å². The summed E-state index contributed by atoms with van der Waals surface area (Å²) in [7, 11) is 0. The quantitative estimate of drug-likeness (QED) is 0.810. The van der Waals surface area contributed by atoms with Crippen molar-refractivity contribution in [2.75, 3.05) is 0 Å². The van der Waals surface area contributed by atoms with Gasteiger partial charge < -0.3 is 5.11 Å². The van der Waals surface area contributed by atoms with Gasteiger partial charge in [0, 0.05) is 11.5 Å². The minimum absolute atomic E-state index is 0.0520. The first-order valence-corrected chi connectivity index (χ1v) is 4.94. The van der Waals surface area contributed by atoms with E-state index in [2.05, 4.69) is 10.3 Å². The molecule has 0 aromatic carbocycles. The van der Waals surface area contributed by atoms with Crippen molar-refractivity contribution < 1.29 is 9.90 Å². The van der Waals surface area contributed by atoms with Gasteiger partial charge >= 0.3 is 5.97 Å². The molecule has 0 atom stereocenters. The van der Waals surface area contributed by atoms with E-state index in [1.807, 2.05) is 34.6 Å². The molecule has 5 nitrogen and oxygen atoms in total. The Balaban J connectivity index is 3.40. The van der Waals surface area contributed by atoms with E-state index in [1.54, 1.807) is 4.68 Å².